The highest BCUT2D eigenvalue weighted by molar-refractivity contribution is 7.56. The Hall–Kier alpha value is 0.110. The van der Waals surface area contributed by atoms with Crippen LogP contribution in [-0.4, -0.2) is 55.3 Å². The van der Waals surface area contributed by atoms with Crippen LogP contribution in [0, 0.1) is 10.8 Å². The second-order valence-corrected chi connectivity index (χ2v) is 14.1. The first kappa shape index (κ1) is 27.1. The largest absolute Gasteiger partial charge is 0.285 e. The zero-order chi connectivity index (χ0) is 21.3. The molecular weight excluding hydrogens is 353 g/mol. The van der Waals surface area contributed by atoms with E-state index < -0.39 is 7.59 Å². The molecule has 0 rings (SSSR count). The van der Waals surface area contributed by atoms with Crippen molar-refractivity contribution in [2.24, 2.45) is 10.8 Å². The number of hydrogen-bond acceptors (Lipinski definition) is 1. The molecule has 0 saturated carbocycles. The van der Waals surface area contributed by atoms with Crippen molar-refractivity contribution in [2.75, 3.05) is 41.3 Å². The van der Waals surface area contributed by atoms with Crippen molar-refractivity contribution in [3.05, 3.63) is 0 Å². The summed E-state index contributed by atoms with van der Waals surface area (Å²) in [5.74, 6) is 0. The molecule has 27 heavy (non-hydrogen) atoms. The molecular formula is C22H50N3OP. The Morgan fingerprint density at radius 1 is 0.593 bits per heavy atom. The Labute approximate surface area is 171 Å². The van der Waals surface area contributed by atoms with E-state index in [0.717, 1.165) is 25.9 Å². The van der Waals surface area contributed by atoms with Gasteiger partial charge in [0.05, 0.1) is 0 Å². The van der Waals surface area contributed by atoms with Crippen molar-refractivity contribution in [3.63, 3.8) is 0 Å². The van der Waals surface area contributed by atoms with Crippen LogP contribution in [0.25, 0.3) is 0 Å². The van der Waals surface area contributed by atoms with Gasteiger partial charge in [-0.25, -0.2) is 14.0 Å². The SMILES string of the molecule is CN(C)P(=O)(N(C)CCCCCC(C)(C)C)N(C)CCCCCC(C)(C)C. The summed E-state index contributed by atoms with van der Waals surface area (Å²) in [6.07, 6.45) is 9.69. The molecule has 0 atom stereocenters. The fourth-order valence-corrected chi connectivity index (χ4v) is 6.02. The van der Waals surface area contributed by atoms with Crippen LogP contribution >= 0.6 is 7.59 Å². The minimum atomic E-state index is -2.64. The summed E-state index contributed by atoms with van der Waals surface area (Å²) in [5, 5.41) is 0. The van der Waals surface area contributed by atoms with E-state index in [0.29, 0.717) is 10.8 Å². The lowest BCUT2D eigenvalue weighted by Gasteiger charge is -2.39. The molecule has 0 unspecified atom stereocenters. The zero-order valence-corrected chi connectivity index (χ0v) is 21.2. The van der Waals surface area contributed by atoms with E-state index in [1.54, 1.807) is 0 Å². The van der Waals surface area contributed by atoms with E-state index in [1.165, 1.54) is 38.5 Å². The first-order valence-electron chi connectivity index (χ1n) is 10.9. The topological polar surface area (TPSA) is 26.8 Å². The highest BCUT2D eigenvalue weighted by Gasteiger charge is 2.34. The third-order valence-corrected chi connectivity index (χ3v) is 8.45. The normalized spacial score (nSPS) is 14.0. The molecule has 0 aromatic rings. The molecule has 0 saturated heterocycles. The van der Waals surface area contributed by atoms with E-state index in [-0.39, 0.29) is 0 Å². The minimum Gasteiger partial charge on any atom is -0.270 e. The Kier molecular flexibility index (Phi) is 12.0. The zero-order valence-electron chi connectivity index (χ0n) is 20.3. The average molecular weight is 404 g/mol. The summed E-state index contributed by atoms with van der Waals surface area (Å²) in [7, 11) is 5.32. The van der Waals surface area contributed by atoms with E-state index in [9.17, 15) is 4.57 Å². The lowest BCUT2D eigenvalue weighted by molar-refractivity contribution is 0.317. The number of hydrogen-bond donors (Lipinski definition) is 0. The van der Waals surface area contributed by atoms with Crippen molar-refractivity contribution < 1.29 is 4.57 Å². The Morgan fingerprint density at radius 3 is 1.19 bits per heavy atom. The Bertz CT molecular complexity index is 404. The van der Waals surface area contributed by atoms with E-state index in [2.05, 4.69) is 50.9 Å². The smallest absolute Gasteiger partial charge is 0.270 e. The summed E-state index contributed by atoms with van der Waals surface area (Å²) in [5.41, 5.74) is 0.829. The molecule has 0 fully saturated rings. The van der Waals surface area contributed by atoms with Gasteiger partial charge in [-0.1, -0.05) is 67.2 Å². The molecule has 0 aliphatic carbocycles. The first-order valence-corrected chi connectivity index (χ1v) is 12.5. The van der Waals surface area contributed by atoms with Crippen molar-refractivity contribution in [2.45, 2.75) is 92.9 Å². The Balaban J connectivity index is 4.42. The fraction of sp³-hybridized carbons (Fsp3) is 1.00. The van der Waals surface area contributed by atoms with Crippen LogP contribution in [0.4, 0.5) is 0 Å². The van der Waals surface area contributed by atoms with Gasteiger partial charge in [-0.3, -0.25) is 4.57 Å². The first-order chi connectivity index (χ1) is 12.2. The molecule has 5 heteroatoms. The third kappa shape index (κ3) is 11.6. The fourth-order valence-electron chi connectivity index (χ4n) is 3.48. The van der Waals surface area contributed by atoms with Gasteiger partial charge in [0.15, 0.2) is 0 Å². The third-order valence-electron chi connectivity index (χ3n) is 5.23. The highest BCUT2D eigenvalue weighted by atomic mass is 31.2. The molecule has 0 spiro atoms. The molecule has 0 aromatic carbocycles. The second-order valence-electron chi connectivity index (χ2n) is 10.9. The van der Waals surface area contributed by atoms with Gasteiger partial charge in [0.2, 0.25) is 0 Å². The quantitative estimate of drug-likeness (QED) is 0.251. The van der Waals surface area contributed by atoms with Gasteiger partial charge in [0.25, 0.3) is 7.59 Å². The van der Waals surface area contributed by atoms with Crippen molar-refractivity contribution in [1.82, 2.24) is 14.0 Å². The van der Waals surface area contributed by atoms with Crippen molar-refractivity contribution in [3.8, 4) is 0 Å². The molecule has 0 bridgehead atoms. The van der Waals surface area contributed by atoms with E-state index in [4.69, 9.17) is 0 Å². The maximum atomic E-state index is 13.7. The molecule has 0 radical (unpaired) electrons. The molecule has 0 heterocycles. The van der Waals surface area contributed by atoms with Gasteiger partial charge in [-0.2, -0.15) is 0 Å². The molecule has 0 aliphatic rings. The van der Waals surface area contributed by atoms with Gasteiger partial charge in [0.1, 0.15) is 0 Å². The molecule has 4 nitrogen and oxygen atoms in total. The number of unbranched alkanes of at least 4 members (excludes halogenated alkanes) is 4. The van der Waals surface area contributed by atoms with Crippen LogP contribution in [0.1, 0.15) is 92.9 Å². The molecule has 0 aliphatic heterocycles. The van der Waals surface area contributed by atoms with Gasteiger partial charge in [-0.15, -0.1) is 0 Å². The number of rotatable bonds is 13. The maximum absolute atomic E-state index is 13.7. The maximum Gasteiger partial charge on any atom is 0.285 e. The molecule has 0 N–H and O–H groups in total. The molecule has 0 amide bonds. The van der Waals surface area contributed by atoms with Crippen LogP contribution in [0.15, 0.2) is 0 Å². The summed E-state index contributed by atoms with van der Waals surface area (Å²) < 4.78 is 19.9. The predicted octanol–water partition coefficient (Wildman–Crippen LogP) is 6.73. The van der Waals surface area contributed by atoms with E-state index in [1.807, 2.05) is 32.9 Å². The van der Waals surface area contributed by atoms with Crippen molar-refractivity contribution >= 4 is 7.59 Å². The molecule has 0 aromatic heterocycles. The van der Waals surface area contributed by atoms with Crippen LogP contribution in [-0.2, 0) is 4.57 Å². The van der Waals surface area contributed by atoms with Gasteiger partial charge >= 0.3 is 0 Å². The van der Waals surface area contributed by atoms with Crippen LogP contribution < -0.4 is 0 Å². The predicted molar refractivity (Wildman–Crippen MR) is 122 cm³/mol. The lowest BCUT2D eigenvalue weighted by atomic mass is 9.89. The van der Waals surface area contributed by atoms with Gasteiger partial charge < -0.3 is 0 Å². The minimum absolute atomic E-state index is 0.415. The summed E-state index contributed by atoms with van der Waals surface area (Å²) >= 11 is 0. The number of nitrogens with zero attached hydrogens (tertiary/aromatic N) is 3. The van der Waals surface area contributed by atoms with E-state index >= 15 is 0 Å². The standard InChI is InChI=1S/C22H50N3OP/c1-21(2,3)17-13-11-15-19-24(9)27(26,23(7)8)25(10)20-16-12-14-18-22(4,5)6/h11-20H2,1-10H3. The second kappa shape index (κ2) is 12.0. The van der Waals surface area contributed by atoms with Crippen LogP contribution in [0.3, 0.4) is 0 Å². The Morgan fingerprint density at radius 2 is 0.926 bits per heavy atom. The van der Waals surface area contributed by atoms with Gasteiger partial charge in [-0.05, 0) is 64.7 Å². The van der Waals surface area contributed by atoms with Crippen LogP contribution in [0.2, 0.25) is 0 Å². The van der Waals surface area contributed by atoms with Crippen molar-refractivity contribution in [1.29, 1.82) is 0 Å². The molecule has 164 valence electrons. The van der Waals surface area contributed by atoms with Gasteiger partial charge in [0, 0.05) is 13.1 Å². The summed E-state index contributed by atoms with van der Waals surface area (Å²) in [6, 6.07) is 0. The summed E-state index contributed by atoms with van der Waals surface area (Å²) in [4.78, 5) is 0. The average Bonchev–Trinajstić information content (AvgIpc) is 2.50. The monoisotopic (exact) mass is 403 g/mol. The van der Waals surface area contributed by atoms with Crippen LogP contribution in [0.5, 0.6) is 0 Å². The summed E-state index contributed by atoms with van der Waals surface area (Å²) in [6.45, 7) is 15.6. The highest BCUT2D eigenvalue weighted by Crippen LogP contribution is 2.53. The lowest BCUT2D eigenvalue weighted by Crippen LogP contribution is -2.35.